The van der Waals surface area contributed by atoms with Crippen LogP contribution in [0.5, 0.6) is 0 Å². The molecule has 0 saturated carbocycles. The lowest BCUT2D eigenvalue weighted by atomic mass is 10.0. The molecule has 1 aromatic carbocycles. The van der Waals surface area contributed by atoms with Crippen molar-refractivity contribution in [1.82, 2.24) is 0 Å². The lowest BCUT2D eigenvalue weighted by Gasteiger charge is -2.29. The summed E-state index contributed by atoms with van der Waals surface area (Å²) >= 11 is 0. The van der Waals surface area contributed by atoms with Gasteiger partial charge in [-0.3, -0.25) is 0 Å². The standard InChI is InChI=1S/C19H26N2O3/c1-6-10-23-18-17(24-11-9-13(2)3)15-8-7-14(21(4)5)12-16(15)20-19(18)22/h6-9,12,17,20,22H,1,10-11H2,2-5H3. The summed E-state index contributed by atoms with van der Waals surface area (Å²) in [4.78, 5) is 2.01. The molecule has 0 aromatic heterocycles. The van der Waals surface area contributed by atoms with Crippen LogP contribution in [0.3, 0.4) is 0 Å². The van der Waals surface area contributed by atoms with Crippen LogP contribution in [0.2, 0.25) is 0 Å². The zero-order valence-corrected chi connectivity index (χ0v) is 14.8. The normalized spacial score (nSPS) is 16.1. The van der Waals surface area contributed by atoms with Gasteiger partial charge in [-0.25, -0.2) is 0 Å². The zero-order valence-electron chi connectivity index (χ0n) is 14.8. The number of nitrogens with one attached hydrogen (secondary N) is 1. The monoisotopic (exact) mass is 330 g/mol. The Morgan fingerprint density at radius 3 is 2.71 bits per heavy atom. The SMILES string of the molecule is C=CCOC1=C(O)Nc2cc(N(C)C)ccc2C1OCC=C(C)C. The molecule has 0 amide bonds. The minimum Gasteiger partial charge on any atom is -0.492 e. The van der Waals surface area contributed by atoms with Crippen molar-refractivity contribution in [3.63, 3.8) is 0 Å². The second kappa shape index (κ2) is 7.93. The van der Waals surface area contributed by atoms with E-state index < -0.39 is 6.10 Å². The molecule has 0 saturated heterocycles. The number of anilines is 2. The minimum atomic E-state index is -0.465. The fourth-order valence-corrected chi connectivity index (χ4v) is 2.38. The molecule has 1 aliphatic heterocycles. The van der Waals surface area contributed by atoms with Gasteiger partial charge in [-0.1, -0.05) is 30.4 Å². The number of ether oxygens (including phenoxy) is 2. The Bertz CT molecular complexity index is 659. The van der Waals surface area contributed by atoms with Crippen LogP contribution in [0.25, 0.3) is 0 Å². The van der Waals surface area contributed by atoms with Gasteiger partial charge in [0.1, 0.15) is 12.7 Å². The lowest BCUT2D eigenvalue weighted by Crippen LogP contribution is -2.22. The molecule has 1 atom stereocenters. The number of rotatable bonds is 7. The van der Waals surface area contributed by atoms with Crippen LogP contribution >= 0.6 is 0 Å². The first kappa shape index (κ1) is 17.9. The second-order valence-electron chi connectivity index (χ2n) is 6.10. The van der Waals surface area contributed by atoms with Gasteiger partial charge in [-0.05, 0) is 26.0 Å². The molecular weight excluding hydrogens is 304 g/mol. The predicted octanol–water partition coefficient (Wildman–Crippen LogP) is 4.13. The molecule has 0 fully saturated rings. The topological polar surface area (TPSA) is 54.0 Å². The summed E-state index contributed by atoms with van der Waals surface area (Å²) < 4.78 is 11.6. The van der Waals surface area contributed by atoms with Crippen molar-refractivity contribution in [3.8, 4) is 0 Å². The molecule has 1 aromatic rings. The highest BCUT2D eigenvalue weighted by Crippen LogP contribution is 2.39. The van der Waals surface area contributed by atoms with Crippen LogP contribution in [0.15, 0.2) is 54.1 Å². The van der Waals surface area contributed by atoms with Gasteiger partial charge in [-0.15, -0.1) is 0 Å². The fraction of sp³-hybridized carbons (Fsp3) is 0.368. The number of hydrogen-bond acceptors (Lipinski definition) is 5. The van der Waals surface area contributed by atoms with E-state index in [0.29, 0.717) is 19.0 Å². The summed E-state index contributed by atoms with van der Waals surface area (Å²) in [5.41, 5.74) is 3.95. The van der Waals surface area contributed by atoms with Crippen molar-refractivity contribution in [1.29, 1.82) is 0 Å². The van der Waals surface area contributed by atoms with Gasteiger partial charge in [0.15, 0.2) is 5.76 Å². The van der Waals surface area contributed by atoms with E-state index in [9.17, 15) is 5.11 Å². The molecule has 1 aliphatic rings. The van der Waals surface area contributed by atoms with Gasteiger partial charge in [0.25, 0.3) is 0 Å². The number of hydrogen-bond donors (Lipinski definition) is 2. The molecule has 5 heteroatoms. The Morgan fingerprint density at radius 2 is 2.08 bits per heavy atom. The number of benzene rings is 1. The van der Waals surface area contributed by atoms with Gasteiger partial charge in [-0.2, -0.15) is 0 Å². The first-order valence-electron chi connectivity index (χ1n) is 7.94. The Hall–Kier alpha value is -2.40. The molecular formula is C19H26N2O3. The van der Waals surface area contributed by atoms with Crippen molar-refractivity contribution in [2.45, 2.75) is 20.0 Å². The van der Waals surface area contributed by atoms with Crippen LogP contribution in [0.1, 0.15) is 25.5 Å². The highest BCUT2D eigenvalue weighted by atomic mass is 16.5. The van der Waals surface area contributed by atoms with Crippen LogP contribution < -0.4 is 10.2 Å². The molecule has 1 heterocycles. The number of aliphatic hydroxyl groups is 1. The summed E-state index contributed by atoms with van der Waals surface area (Å²) in [7, 11) is 3.95. The van der Waals surface area contributed by atoms with E-state index in [-0.39, 0.29) is 5.88 Å². The van der Waals surface area contributed by atoms with Crippen molar-refractivity contribution in [2.75, 3.05) is 37.5 Å². The smallest absolute Gasteiger partial charge is 0.231 e. The van der Waals surface area contributed by atoms with Crippen molar-refractivity contribution in [2.24, 2.45) is 0 Å². The Balaban J connectivity index is 2.36. The summed E-state index contributed by atoms with van der Waals surface area (Å²) in [6, 6.07) is 5.99. The molecule has 0 radical (unpaired) electrons. The maximum atomic E-state index is 10.4. The molecule has 0 spiro atoms. The third-order valence-corrected chi connectivity index (χ3v) is 3.67. The van der Waals surface area contributed by atoms with Crippen LogP contribution in [0, 0.1) is 0 Å². The largest absolute Gasteiger partial charge is 0.492 e. The highest BCUT2D eigenvalue weighted by Gasteiger charge is 2.30. The average molecular weight is 330 g/mol. The summed E-state index contributed by atoms with van der Waals surface area (Å²) in [5, 5.41) is 13.3. The highest BCUT2D eigenvalue weighted by molar-refractivity contribution is 5.67. The van der Waals surface area contributed by atoms with Crippen LogP contribution in [-0.4, -0.2) is 32.4 Å². The molecule has 130 valence electrons. The van der Waals surface area contributed by atoms with Gasteiger partial charge in [0.2, 0.25) is 5.88 Å². The number of nitrogens with zero attached hydrogens (tertiary/aromatic N) is 1. The Kier molecular flexibility index (Phi) is 5.93. The van der Waals surface area contributed by atoms with Gasteiger partial charge in [0.05, 0.1) is 6.61 Å². The zero-order chi connectivity index (χ0) is 17.7. The molecule has 2 N–H and O–H groups in total. The van der Waals surface area contributed by atoms with E-state index in [4.69, 9.17) is 9.47 Å². The van der Waals surface area contributed by atoms with E-state index in [2.05, 4.69) is 11.9 Å². The molecule has 1 unspecified atom stereocenters. The summed E-state index contributed by atoms with van der Waals surface area (Å²) in [5.74, 6) is 0.351. The van der Waals surface area contributed by atoms with Crippen LogP contribution in [-0.2, 0) is 9.47 Å². The van der Waals surface area contributed by atoms with E-state index in [0.717, 1.165) is 16.9 Å². The fourth-order valence-electron chi connectivity index (χ4n) is 2.38. The molecule has 24 heavy (non-hydrogen) atoms. The second-order valence-corrected chi connectivity index (χ2v) is 6.10. The van der Waals surface area contributed by atoms with Crippen molar-refractivity contribution < 1.29 is 14.6 Å². The third kappa shape index (κ3) is 4.11. The predicted molar refractivity (Wildman–Crippen MR) is 98.3 cm³/mol. The minimum absolute atomic E-state index is 0.0255. The van der Waals surface area contributed by atoms with E-state index in [1.165, 1.54) is 5.57 Å². The lowest BCUT2D eigenvalue weighted by molar-refractivity contribution is 0.0399. The first-order valence-corrected chi connectivity index (χ1v) is 7.94. The average Bonchev–Trinajstić information content (AvgIpc) is 2.52. The van der Waals surface area contributed by atoms with E-state index in [1.54, 1.807) is 6.08 Å². The van der Waals surface area contributed by atoms with Crippen LogP contribution in [0.4, 0.5) is 11.4 Å². The quantitative estimate of drug-likeness (QED) is 0.736. The summed E-state index contributed by atoms with van der Waals surface area (Å²) in [6.45, 7) is 8.43. The molecule has 0 aliphatic carbocycles. The maximum Gasteiger partial charge on any atom is 0.231 e. The Labute approximate surface area is 143 Å². The molecule has 0 bridgehead atoms. The number of aliphatic hydroxyl groups excluding tert-OH is 1. The molecule has 5 nitrogen and oxygen atoms in total. The van der Waals surface area contributed by atoms with E-state index >= 15 is 0 Å². The van der Waals surface area contributed by atoms with Crippen molar-refractivity contribution >= 4 is 11.4 Å². The van der Waals surface area contributed by atoms with Gasteiger partial charge >= 0.3 is 0 Å². The van der Waals surface area contributed by atoms with Crippen molar-refractivity contribution in [3.05, 3.63) is 59.7 Å². The number of allylic oxidation sites excluding steroid dienone is 1. The van der Waals surface area contributed by atoms with Gasteiger partial charge in [0, 0.05) is 31.0 Å². The van der Waals surface area contributed by atoms with Gasteiger partial charge < -0.3 is 24.8 Å². The van der Waals surface area contributed by atoms with E-state index in [1.807, 2.05) is 57.1 Å². The molecule has 2 rings (SSSR count). The first-order chi connectivity index (χ1) is 11.4. The third-order valence-electron chi connectivity index (χ3n) is 3.67. The Morgan fingerprint density at radius 1 is 1.33 bits per heavy atom. The number of fused-ring (bicyclic) bond motifs is 1. The summed E-state index contributed by atoms with van der Waals surface area (Å²) in [6.07, 6.45) is 3.17. The maximum absolute atomic E-state index is 10.4.